The molecule has 6 aromatic rings. The number of hydrogen-bond donors (Lipinski definition) is 0. The van der Waals surface area contributed by atoms with Gasteiger partial charge in [-0.15, -0.1) is 0 Å². The van der Waals surface area contributed by atoms with Gasteiger partial charge in [0.1, 0.15) is 0 Å². The van der Waals surface area contributed by atoms with E-state index in [1.54, 1.807) is 121 Å². The molecule has 0 radical (unpaired) electrons. The molecule has 0 atom stereocenters. The van der Waals surface area contributed by atoms with Gasteiger partial charge >= 0.3 is 0 Å². The SMILES string of the molecule is Fc1ccccc1Oc1ccccc1Oc1ccccc1Oc1ccccc1Oc1ccccc1Oc1ccccc1F. The maximum Gasteiger partial charge on any atom is 0.170 e. The van der Waals surface area contributed by atoms with Crippen molar-refractivity contribution in [2.75, 3.05) is 0 Å². The molecule has 0 aliphatic carbocycles. The van der Waals surface area contributed by atoms with Crippen LogP contribution in [-0.4, -0.2) is 0 Å². The summed E-state index contributed by atoms with van der Waals surface area (Å²) in [5, 5.41) is 0. The zero-order valence-corrected chi connectivity index (χ0v) is 22.7. The molecule has 212 valence electrons. The van der Waals surface area contributed by atoms with Crippen molar-refractivity contribution in [2.45, 2.75) is 0 Å². The fourth-order valence-corrected chi connectivity index (χ4v) is 4.12. The predicted octanol–water partition coefficient (Wildman–Crippen LogP) is 10.9. The van der Waals surface area contributed by atoms with Crippen LogP contribution in [0.1, 0.15) is 0 Å². The normalized spacial score (nSPS) is 10.6. The number of benzene rings is 6. The molecule has 0 unspecified atom stereocenters. The van der Waals surface area contributed by atoms with Crippen LogP contribution in [0.3, 0.4) is 0 Å². The molecule has 0 fully saturated rings. The molecule has 0 spiro atoms. The molecule has 0 saturated carbocycles. The third-order valence-corrected chi connectivity index (χ3v) is 6.17. The summed E-state index contributed by atoms with van der Waals surface area (Å²) >= 11 is 0. The molecule has 0 aromatic heterocycles. The Morgan fingerprint density at radius 1 is 0.233 bits per heavy atom. The molecule has 0 aliphatic rings. The number of para-hydroxylation sites is 10. The van der Waals surface area contributed by atoms with E-state index in [0.717, 1.165) is 0 Å². The maximum atomic E-state index is 14.3. The number of halogens is 2. The van der Waals surface area contributed by atoms with Gasteiger partial charge in [-0.3, -0.25) is 0 Å². The number of hydrogen-bond acceptors (Lipinski definition) is 5. The summed E-state index contributed by atoms with van der Waals surface area (Å²) in [6.45, 7) is 0. The molecular formula is C36H24F2O5. The van der Waals surface area contributed by atoms with Gasteiger partial charge in [0.25, 0.3) is 0 Å². The lowest BCUT2D eigenvalue weighted by Crippen LogP contribution is -1.96. The second kappa shape index (κ2) is 12.8. The van der Waals surface area contributed by atoms with Gasteiger partial charge < -0.3 is 23.7 Å². The van der Waals surface area contributed by atoms with Crippen molar-refractivity contribution in [3.05, 3.63) is 157 Å². The smallest absolute Gasteiger partial charge is 0.170 e. The molecule has 5 nitrogen and oxygen atoms in total. The minimum atomic E-state index is -0.487. The minimum absolute atomic E-state index is 0.0772. The van der Waals surface area contributed by atoms with E-state index in [1.165, 1.54) is 12.1 Å². The van der Waals surface area contributed by atoms with E-state index >= 15 is 0 Å². The summed E-state index contributed by atoms with van der Waals surface area (Å²) in [5.41, 5.74) is 0. The van der Waals surface area contributed by atoms with Gasteiger partial charge in [0.05, 0.1) is 0 Å². The van der Waals surface area contributed by atoms with Crippen LogP contribution in [0.15, 0.2) is 146 Å². The minimum Gasteiger partial charge on any atom is -0.450 e. The molecule has 0 amide bonds. The highest BCUT2D eigenvalue weighted by Crippen LogP contribution is 2.43. The second-order valence-corrected chi connectivity index (χ2v) is 9.16. The van der Waals surface area contributed by atoms with Crippen molar-refractivity contribution >= 4 is 0 Å². The van der Waals surface area contributed by atoms with Crippen molar-refractivity contribution in [3.8, 4) is 57.5 Å². The first-order valence-electron chi connectivity index (χ1n) is 13.4. The van der Waals surface area contributed by atoms with Gasteiger partial charge in [-0.1, -0.05) is 72.8 Å². The van der Waals surface area contributed by atoms with Gasteiger partial charge in [-0.25, -0.2) is 8.78 Å². The Kier molecular flexibility index (Phi) is 8.13. The highest BCUT2D eigenvalue weighted by atomic mass is 19.1. The topological polar surface area (TPSA) is 46.2 Å². The van der Waals surface area contributed by atoms with Crippen LogP contribution in [0.2, 0.25) is 0 Å². The first-order chi connectivity index (χ1) is 21.1. The molecule has 0 bridgehead atoms. The van der Waals surface area contributed by atoms with Crippen molar-refractivity contribution < 1.29 is 32.5 Å². The zero-order valence-electron chi connectivity index (χ0n) is 22.7. The van der Waals surface area contributed by atoms with Gasteiger partial charge in [-0.2, -0.15) is 0 Å². The fourth-order valence-electron chi connectivity index (χ4n) is 4.12. The van der Waals surface area contributed by atoms with Crippen LogP contribution in [-0.2, 0) is 0 Å². The fraction of sp³-hybridized carbons (Fsp3) is 0. The Morgan fingerprint density at radius 3 is 0.605 bits per heavy atom. The van der Waals surface area contributed by atoms with Gasteiger partial charge in [0.15, 0.2) is 69.1 Å². The van der Waals surface area contributed by atoms with E-state index in [1.807, 2.05) is 12.1 Å². The van der Waals surface area contributed by atoms with Crippen LogP contribution in [0.5, 0.6) is 57.5 Å². The van der Waals surface area contributed by atoms with E-state index in [-0.39, 0.29) is 11.5 Å². The summed E-state index contributed by atoms with van der Waals surface area (Å²) in [5.74, 6) is 2.16. The average molecular weight is 575 g/mol. The summed E-state index contributed by atoms with van der Waals surface area (Å²) in [6, 6.07) is 40.5. The second-order valence-electron chi connectivity index (χ2n) is 9.16. The number of rotatable bonds is 10. The van der Waals surface area contributed by atoms with Crippen LogP contribution in [0, 0.1) is 11.6 Å². The summed E-state index contributed by atoms with van der Waals surface area (Å²) in [6.07, 6.45) is 0. The quantitative estimate of drug-likeness (QED) is 0.163. The molecular weight excluding hydrogens is 550 g/mol. The Hall–Kier alpha value is -5.82. The third-order valence-electron chi connectivity index (χ3n) is 6.17. The molecule has 6 rings (SSSR count). The lowest BCUT2D eigenvalue weighted by molar-refractivity contribution is 0.370. The molecule has 43 heavy (non-hydrogen) atoms. The maximum absolute atomic E-state index is 14.3. The molecule has 0 aliphatic heterocycles. The summed E-state index contributed by atoms with van der Waals surface area (Å²) in [7, 11) is 0. The molecule has 0 heterocycles. The first-order valence-corrected chi connectivity index (χ1v) is 13.4. The van der Waals surface area contributed by atoms with E-state index in [2.05, 4.69) is 0 Å². The highest BCUT2D eigenvalue weighted by Gasteiger charge is 2.16. The molecule has 0 saturated heterocycles. The van der Waals surface area contributed by atoms with E-state index < -0.39 is 11.6 Å². The monoisotopic (exact) mass is 574 g/mol. The summed E-state index contributed by atoms with van der Waals surface area (Å²) < 4.78 is 58.9. The van der Waals surface area contributed by atoms with Crippen molar-refractivity contribution in [1.82, 2.24) is 0 Å². The Balaban J connectivity index is 1.25. The molecule has 0 N–H and O–H groups in total. The Labute approximate surface area is 247 Å². The van der Waals surface area contributed by atoms with Gasteiger partial charge in [0, 0.05) is 0 Å². The van der Waals surface area contributed by atoms with Crippen LogP contribution in [0.4, 0.5) is 8.78 Å². The molecule has 7 heteroatoms. The lowest BCUT2D eigenvalue weighted by Gasteiger charge is -2.17. The zero-order chi connectivity index (χ0) is 29.4. The number of ether oxygens (including phenoxy) is 5. The van der Waals surface area contributed by atoms with Gasteiger partial charge in [-0.05, 0) is 72.8 Å². The summed E-state index contributed by atoms with van der Waals surface area (Å²) in [4.78, 5) is 0. The van der Waals surface area contributed by atoms with Crippen LogP contribution in [0.25, 0.3) is 0 Å². The third kappa shape index (κ3) is 6.57. The van der Waals surface area contributed by atoms with E-state index in [0.29, 0.717) is 46.0 Å². The average Bonchev–Trinajstić information content (AvgIpc) is 3.03. The highest BCUT2D eigenvalue weighted by molar-refractivity contribution is 5.53. The Bertz CT molecular complexity index is 1720. The van der Waals surface area contributed by atoms with E-state index in [4.69, 9.17) is 23.7 Å². The lowest BCUT2D eigenvalue weighted by atomic mass is 10.2. The first kappa shape index (κ1) is 27.4. The van der Waals surface area contributed by atoms with Gasteiger partial charge in [0.2, 0.25) is 0 Å². The van der Waals surface area contributed by atoms with Crippen molar-refractivity contribution in [3.63, 3.8) is 0 Å². The largest absolute Gasteiger partial charge is 0.450 e. The standard InChI is InChI=1S/C36H24F2O5/c37-25-13-1-3-15-27(25)39-29-17-5-7-19-31(29)41-33-21-9-11-23-35(33)43-36-24-12-10-22-34(36)42-32-20-8-6-18-30(32)40-28-16-4-2-14-26(28)38/h1-24H. The molecule has 6 aromatic carbocycles. The predicted molar refractivity (Wildman–Crippen MR) is 159 cm³/mol. The van der Waals surface area contributed by atoms with Crippen LogP contribution < -0.4 is 23.7 Å². The van der Waals surface area contributed by atoms with Crippen LogP contribution >= 0.6 is 0 Å². The van der Waals surface area contributed by atoms with E-state index in [9.17, 15) is 8.78 Å². The Morgan fingerprint density at radius 2 is 0.395 bits per heavy atom. The van der Waals surface area contributed by atoms with Crippen molar-refractivity contribution in [1.29, 1.82) is 0 Å². The van der Waals surface area contributed by atoms with Crippen molar-refractivity contribution in [2.24, 2.45) is 0 Å².